The third-order valence-corrected chi connectivity index (χ3v) is 8.02. The molecule has 0 aliphatic carbocycles. The van der Waals surface area contributed by atoms with Crippen molar-refractivity contribution in [2.24, 2.45) is 0 Å². The van der Waals surface area contributed by atoms with E-state index >= 15 is 0 Å². The van der Waals surface area contributed by atoms with E-state index in [0.717, 1.165) is 22.5 Å². The second-order valence-electron chi connectivity index (χ2n) is 7.00. The summed E-state index contributed by atoms with van der Waals surface area (Å²) in [5.41, 5.74) is 2.77. The molecule has 31 heavy (non-hydrogen) atoms. The summed E-state index contributed by atoms with van der Waals surface area (Å²) >= 11 is 1.06. The normalized spacial score (nSPS) is 14.0. The van der Waals surface area contributed by atoms with Crippen LogP contribution in [0.1, 0.15) is 31.2 Å². The number of hydrogen-bond donors (Lipinski definition) is 1. The summed E-state index contributed by atoms with van der Waals surface area (Å²) in [6, 6.07) is 15.5. The molecular weight excluding hydrogens is 436 g/mol. The number of hydrogen-bond acceptors (Lipinski definition) is 6. The first-order chi connectivity index (χ1) is 14.9. The maximum atomic E-state index is 13.3. The number of nitrogens with one attached hydrogen (secondary N) is 1. The zero-order chi connectivity index (χ0) is 22.0. The molecule has 0 radical (unpaired) electrons. The van der Waals surface area contributed by atoms with E-state index < -0.39 is 21.9 Å². The minimum absolute atomic E-state index is 0.0153. The Morgan fingerprint density at radius 2 is 1.84 bits per heavy atom. The molecule has 0 atom stereocenters. The van der Waals surface area contributed by atoms with Crippen molar-refractivity contribution < 1.29 is 22.7 Å². The smallest absolute Gasteiger partial charge is 0.337 e. The Balaban J connectivity index is 1.57. The summed E-state index contributed by atoms with van der Waals surface area (Å²) in [5, 5.41) is 4.26. The fourth-order valence-corrected chi connectivity index (χ4v) is 6.22. The summed E-state index contributed by atoms with van der Waals surface area (Å²) in [7, 11) is -2.57. The second-order valence-corrected chi connectivity index (χ2v) is 9.82. The molecule has 3 aromatic rings. The van der Waals surface area contributed by atoms with Crippen molar-refractivity contribution in [3.63, 3.8) is 0 Å². The predicted molar refractivity (Wildman–Crippen MR) is 118 cm³/mol. The molecule has 0 spiro atoms. The number of rotatable bonds is 5. The zero-order valence-corrected chi connectivity index (χ0v) is 18.3. The van der Waals surface area contributed by atoms with Crippen LogP contribution in [0.5, 0.6) is 0 Å². The molecule has 1 aromatic heterocycles. The zero-order valence-electron chi connectivity index (χ0n) is 16.7. The van der Waals surface area contributed by atoms with Gasteiger partial charge in [0.1, 0.15) is 9.77 Å². The van der Waals surface area contributed by atoms with Gasteiger partial charge >= 0.3 is 5.97 Å². The molecule has 1 N–H and O–H groups in total. The van der Waals surface area contributed by atoms with Gasteiger partial charge in [0.15, 0.2) is 0 Å². The number of carbonyl (C=O) groups is 2. The standard InChI is InChI=1S/C22H20N2O5S2/c1-29-22(26)16-7-4-8-18(13-16)23-21(25)20-19(10-12-30-20)31(27,28)24-11-9-15-5-2-3-6-17(15)14-24/h2-8,10,12-13H,9,11,14H2,1H3,(H,23,25). The fourth-order valence-electron chi connectivity index (χ4n) is 3.51. The summed E-state index contributed by atoms with van der Waals surface area (Å²) in [6.45, 7) is 0.633. The van der Waals surface area contributed by atoms with E-state index in [4.69, 9.17) is 4.74 Å². The van der Waals surface area contributed by atoms with Crippen LogP contribution in [-0.4, -0.2) is 38.3 Å². The SMILES string of the molecule is COC(=O)c1cccc(NC(=O)c2sccc2S(=O)(=O)N2CCc3ccccc3C2)c1. The number of thiophene rings is 1. The van der Waals surface area contributed by atoms with Gasteiger partial charge in [0, 0.05) is 18.8 Å². The van der Waals surface area contributed by atoms with Crippen molar-refractivity contribution in [2.45, 2.75) is 17.9 Å². The number of methoxy groups -OCH3 is 1. The number of nitrogens with zero attached hydrogens (tertiary/aromatic N) is 1. The van der Waals surface area contributed by atoms with Gasteiger partial charge in [-0.15, -0.1) is 11.3 Å². The van der Waals surface area contributed by atoms with Crippen LogP contribution in [0.15, 0.2) is 64.9 Å². The van der Waals surface area contributed by atoms with Crippen LogP contribution in [0.4, 0.5) is 5.69 Å². The highest BCUT2D eigenvalue weighted by atomic mass is 32.2. The number of anilines is 1. The number of ether oxygens (including phenoxy) is 1. The van der Waals surface area contributed by atoms with E-state index in [0.29, 0.717) is 18.7 Å². The van der Waals surface area contributed by atoms with Gasteiger partial charge in [0.25, 0.3) is 5.91 Å². The van der Waals surface area contributed by atoms with Gasteiger partial charge in [0.2, 0.25) is 10.0 Å². The number of fused-ring (bicyclic) bond motifs is 1. The quantitative estimate of drug-likeness (QED) is 0.593. The molecule has 2 aromatic carbocycles. The third-order valence-electron chi connectivity index (χ3n) is 5.09. The first-order valence-corrected chi connectivity index (χ1v) is 11.9. The van der Waals surface area contributed by atoms with Crippen molar-refractivity contribution >= 4 is 38.9 Å². The minimum Gasteiger partial charge on any atom is -0.465 e. The van der Waals surface area contributed by atoms with Gasteiger partial charge < -0.3 is 10.1 Å². The van der Waals surface area contributed by atoms with Crippen LogP contribution in [0.25, 0.3) is 0 Å². The lowest BCUT2D eigenvalue weighted by Gasteiger charge is -2.28. The largest absolute Gasteiger partial charge is 0.465 e. The minimum atomic E-state index is -3.85. The molecule has 2 heterocycles. The van der Waals surface area contributed by atoms with Gasteiger partial charge in [0.05, 0.1) is 12.7 Å². The number of sulfonamides is 1. The third kappa shape index (κ3) is 4.25. The van der Waals surface area contributed by atoms with Crippen LogP contribution in [-0.2, 0) is 27.7 Å². The number of amides is 1. The van der Waals surface area contributed by atoms with E-state index in [2.05, 4.69) is 5.32 Å². The highest BCUT2D eigenvalue weighted by Crippen LogP contribution is 2.30. The monoisotopic (exact) mass is 456 g/mol. The van der Waals surface area contributed by atoms with E-state index in [-0.39, 0.29) is 21.9 Å². The molecule has 4 rings (SSSR count). The molecule has 7 nitrogen and oxygen atoms in total. The second kappa shape index (κ2) is 8.62. The van der Waals surface area contributed by atoms with Crippen LogP contribution in [0.2, 0.25) is 0 Å². The molecule has 1 aliphatic heterocycles. The molecule has 9 heteroatoms. The highest BCUT2D eigenvalue weighted by Gasteiger charge is 2.32. The van der Waals surface area contributed by atoms with E-state index in [1.807, 2.05) is 24.3 Å². The highest BCUT2D eigenvalue weighted by molar-refractivity contribution is 7.89. The summed E-state index contributed by atoms with van der Waals surface area (Å²) in [6.07, 6.45) is 0.626. The van der Waals surface area contributed by atoms with Gasteiger partial charge in [-0.25, -0.2) is 13.2 Å². The van der Waals surface area contributed by atoms with E-state index in [9.17, 15) is 18.0 Å². The average Bonchev–Trinajstić information content (AvgIpc) is 3.29. The van der Waals surface area contributed by atoms with E-state index in [1.54, 1.807) is 23.6 Å². The topological polar surface area (TPSA) is 92.8 Å². The molecule has 1 aliphatic rings. The number of esters is 1. The Kier molecular flexibility index (Phi) is 5.90. The van der Waals surface area contributed by atoms with E-state index in [1.165, 1.54) is 23.5 Å². The molecule has 160 valence electrons. The van der Waals surface area contributed by atoms with Gasteiger partial charge in [-0.3, -0.25) is 4.79 Å². The van der Waals surface area contributed by atoms with Crippen molar-refractivity contribution in [3.8, 4) is 0 Å². The summed E-state index contributed by atoms with van der Waals surface area (Å²) in [5.74, 6) is -1.08. The Morgan fingerprint density at radius 1 is 1.06 bits per heavy atom. The lowest BCUT2D eigenvalue weighted by Crippen LogP contribution is -2.36. The molecule has 0 fully saturated rings. The Bertz CT molecular complexity index is 1250. The van der Waals surface area contributed by atoms with Crippen molar-refractivity contribution in [2.75, 3.05) is 19.0 Å². The van der Waals surface area contributed by atoms with Crippen molar-refractivity contribution in [1.82, 2.24) is 4.31 Å². The van der Waals surface area contributed by atoms with Crippen LogP contribution in [0.3, 0.4) is 0 Å². The molecule has 1 amide bonds. The molecule has 0 saturated carbocycles. The fraction of sp³-hybridized carbons (Fsp3) is 0.182. The van der Waals surface area contributed by atoms with Crippen LogP contribution >= 0.6 is 11.3 Å². The summed E-state index contributed by atoms with van der Waals surface area (Å²) < 4.78 is 32.7. The number of carbonyl (C=O) groups excluding carboxylic acids is 2. The Hall–Kier alpha value is -3.01. The van der Waals surface area contributed by atoms with Crippen LogP contribution < -0.4 is 5.32 Å². The molecule has 0 bridgehead atoms. The Morgan fingerprint density at radius 3 is 2.61 bits per heavy atom. The predicted octanol–water partition coefficient (Wildman–Crippen LogP) is 3.53. The molecular formula is C22H20N2O5S2. The first kappa shape index (κ1) is 21.2. The average molecular weight is 457 g/mol. The van der Waals surface area contributed by atoms with Gasteiger partial charge in [-0.05, 0) is 47.2 Å². The molecule has 0 saturated heterocycles. The lowest BCUT2D eigenvalue weighted by atomic mass is 10.0. The van der Waals surface area contributed by atoms with Gasteiger partial charge in [-0.2, -0.15) is 4.31 Å². The van der Waals surface area contributed by atoms with Crippen LogP contribution in [0, 0.1) is 0 Å². The summed E-state index contributed by atoms with van der Waals surface area (Å²) in [4.78, 5) is 24.7. The Labute approximate surface area is 184 Å². The maximum Gasteiger partial charge on any atom is 0.337 e. The molecule has 0 unspecified atom stereocenters. The number of benzene rings is 2. The van der Waals surface area contributed by atoms with Crippen molar-refractivity contribution in [1.29, 1.82) is 0 Å². The lowest BCUT2D eigenvalue weighted by molar-refractivity contribution is 0.0600. The van der Waals surface area contributed by atoms with Gasteiger partial charge in [-0.1, -0.05) is 30.3 Å². The maximum absolute atomic E-state index is 13.3. The first-order valence-electron chi connectivity index (χ1n) is 9.54. The van der Waals surface area contributed by atoms with Crippen molar-refractivity contribution in [3.05, 3.63) is 81.5 Å².